The predicted molar refractivity (Wildman–Crippen MR) is 63.9 cm³/mol. The third kappa shape index (κ3) is 2.50. The highest BCUT2D eigenvalue weighted by Gasteiger charge is 2.18. The molecule has 0 aliphatic heterocycles. The van der Waals surface area contributed by atoms with Gasteiger partial charge in [0.05, 0.1) is 0 Å². The summed E-state index contributed by atoms with van der Waals surface area (Å²) in [7, 11) is 1.95. The van der Waals surface area contributed by atoms with Crippen molar-refractivity contribution in [2.24, 2.45) is 0 Å². The second kappa shape index (κ2) is 4.50. The van der Waals surface area contributed by atoms with Crippen molar-refractivity contribution < 1.29 is 0 Å². The van der Waals surface area contributed by atoms with Crippen molar-refractivity contribution in [1.29, 1.82) is 0 Å². The van der Waals surface area contributed by atoms with E-state index >= 15 is 0 Å². The van der Waals surface area contributed by atoms with Crippen molar-refractivity contribution in [2.75, 3.05) is 12.4 Å². The number of hydrogen-bond acceptors (Lipinski definition) is 1. The van der Waals surface area contributed by atoms with E-state index in [2.05, 4.69) is 50.4 Å². The van der Waals surface area contributed by atoms with E-state index in [1.807, 2.05) is 7.05 Å². The molecule has 0 aliphatic rings. The van der Waals surface area contributed by atoms with E-state index < -0.39 is 0 Å². The summed E-state index contributed by atoms with van der Waals surface area (Å²) in [6.07, 6.45) is 2.48. The van der Waals surface area contributed by atoms with E-state index in [1.54, 1.807) is 0 Å². The molecule has 0 unspecified atom stereocenters. The molecule has 1 nitrogen and oxygen atoms in total. The average Bonchev–Trinajstić information content (AvgIpc) is 2.18. The van der Waals surface area contributed by atoms with Gasteiger partial charge in [-0.15, -0.1) is 0 Å². The molecule has 1 aromatic carbocycles. The van der Waals surface area contributed by atoms with Crippen LogP contribution in [0.3, 0.4) is 0 Å². The summed E-state index contributed by atoms with van der Waals surface area (Å²) in [5.41, 5.74) is 2.92. The monoisotopic (exact) mass is 191 g/mol. The molecule has 0 spiro atoms. The van der Waals surface area contributed by atoms with Gasteiger partial charge in [0.2, 0.25) is 0 Å². The molecule has 0 amide bonds. The maximum atomic E-state index is 3.14. The summed E-state index contributed by atoms with van der Waals surface area (Å²) in [5, 5.41) is 3.14. The lowest BCUT2D eigenvalue weighted by atomic mass is 9.81. The quantitative estimate of drug-likeness (QED) is 0.763. The molecule has 1 heteroatoms. The van der Waals surface area contributed by atoms with Gasteiger partial charge in [-0.05, 0) is 29.5 Å². The molecule has 0 fully saturated rings. The number of hydrogen-bond donors (Lipinski definition) is 1. The Labute approximate surface area is 87.5 Å². The van der Waals surface area contributed by atoms with Crippen LogP contribution in [0.15, 0.2) is 24.3 Å². The SMILES string of the molecule is CCCC(C)(C)c1ccc(NC)cc1. The number of rotatable bonds is 4. The Bertz CT molecular complexity index is 272. The molecule has 0 aromatic heterocycles. The molecule has 78 valence electrons. The van der Waals surface area contributed by atoms with Crippen LogP contribution < -0.4 is 5.32 Å². The third-order valence-electron chi connectivity index (χ3n) is 2.83. The summed E-state index contributed by atoms with van der Waals surface area (Å²) in [6.45, 7) is 6.86. The fourth-order valence-electron chi connectivity index (χ4n) is 1.86. The van der Waals surface area contributed by atoms with E-state index in [-0.39, 0.29) is 0 Å². The van der Waals surface area contributed by atoms with E-state index in [0.29, 0.717) is 5.41 Å². The standard InChI is InChI=1S/C13H21N/c1-5-10-13(2,3)11-6-8-12(14-4)9-7-11/h6-9,14H,5,10H2,1-4H3. The molecule has 0 atom stereocenters. The first-order chi connectivity index (χ1) is 6.60. The maximum Gasteiger partial charge on any atom is 0.0337 e. The highest BCUT2D eigenvalue weighted by atomic mass is 14.8. The Balaban J connectivity index is 2.85. The maximum absolute atomic E-state index is 3.14. The highest BCUT2D eigenvalue weighted by Crippen LogP contribution is 2.28. The molecule has 0 radical (unpaired) electrons. The van der Waals surface area contributed by atoms with Crippen molar-refractivity contribution in [3.63, 3.8) is 0 Å². The molecule has 14 heavy (non-hydrogen) atoms. The first-order valence-corrected chi connectivity index (χ1v) is 5.38. The van der Waals surface area contributed by atoms with Crippen LogP contribution in [0.5, 0.6) is 0 Å². The van der Waals surface area contributed by atoms with Crippen LogP contribution in [0.25, 0.3) is 0 Å². The predicted octanol–water partition coefficient (Wildman–Crippen LogP) is 3.81. The van der Waals surface area contributed by atoms with Gasteiger partial charge in [-0.25, -0.2) is 0 Å². The smallest absolute Gasteiger partial charge is 0.0337 e. The summed E-state index contributed by atoms with van der Waals surface area (Å²) in [4.78, 5) is 0. The van der Waals surface area contributed by atoms with Gasteiger partial charge >= 0.3 is 0 Å². The van der Waals surface area contributed by atoms with Crippen molar-refractivity contribution in [2.45, 2.75) is 39.0 Å². The Morgan fingerprint density at radius 2 is 1.71 bits per heavy atom. The van der Waals surface area contributed by atoms with Gasteiger partial charge in [-0.3, -0.25) is 0 Å². The Morgan fingerprint density at radius 3 is 2.14 bits per heavy atom. The van der Waals surface area contributed by atoms with Gasteiger partial charge in [-0.2, -0.15) is 0 Å². The average molecular weight is 191 g/mol. The molecule has 0 bridgehead atoms. The molecular weight excluding hydrogens is 170 g/mol. The van der Waals surface area contributed by atoms with Crippen LogP contribution in [-0.4, -0.2) is 7.05 Å². The Kier molecular flexibility index (Phi) is 3.56. The molecule has 0 heterocycles. The fraction of sp³-hybridized carbons (Fsp3) is 0.538. The zero-order valence-corrected chi connectivity index (χ0v) is 9.72. The van der Waals surface area contributed by atoms with Crippen molar-refractivity contribution in [1.82, 2.24) is 0 Å². The lowest BCUT2D eigenvalue weighted by Crippen LogP contribution is -2.16. The Hall–Kier alpha value is -0.980. The van der Waals surface area contributed by atoms with Crippen LogP contribution in [0.2, 0.25) is 0 Å². The molecule has 0 saturated heterocycles. The largest absolute Gasteiger partial charge is 0.388 e. The molecule has 0 saturated carbocycles. The van der Waals surface area contributed by atoms with Gasteiger partial charge in [0, 0.05) is 12.7 Å². The van der Waals surface area contributed by atoms with Crippen molar-refractivity contribution in [3.8, 4) is 0 Å². The summed E-state index contributed by atoms with van der Waals surface area (Å²) in [6, 6.07) is 8.74. The molecule has 1 rings (SSSR count). The summed E-state index contributed by atoms with van der Waals surface area (Å²) in [5.74, 6) is 0. The van der Waals surface area contributed by atoms with Gasteiger partial charge in [0.25, 0.3) is 0 Å². The fourth-order valence-corrected chi connectivity index (χ4v) is 1.86. The first-order valence-electron chi connectivity index (χ1n) is 5.38. The third-order valence-corrected chi connectivity index (χ3v) is 2.83. The number of benzene rings is 1. The van der Waals surface area contributed by atoms with E-state index in [4.69, 9.17) is 0 Å². The van der Waals surface area contributed by atoms with Crippen molar-refractivity contribution in [3.05, 3.63) is 29.8 Å². The zero-order chi connectivity index (χ0) is 10.6. The summed E-state index contributed by atoms with van der Waals surface area (Å²) < 4.78 is 0. The van der Waals surface area contributed by atoms with Crippen molar-refractivity contribution >= 4 is 5.69 Å². The second-order valence-corrected chi connectivity index (χ2v) is 4.46. The Morgan fingerprint density at radius 1 is 1.14 bits per heavy atom. The minimum Gasteiger partial charge on any atom is -0.388 e. The van der Waals surface area contributed by atoms with E-state index in [1.165, 1.54) is 24.1 Å². The van der Waals surface area contributed by atoms with E-state index in [0.717, 1.165) is 0 Å². The lowest BCUT2D eigenvalue weighted by molar-refractivity contribution is 0.473. The lowest BCUT2D eigenvalue weighted by Gasteiger charge is -2.24. The van der Waals surface area contributed by atoms with Crippen LogP contribution in [0.1, 0.15) is 39.2 Å². The summed E-state index contributed by atoms with van der Waals surface area (Å²) >= 11 is 0. The minimum atomic E-state index is 0.307. The van der Waals surface area contributed by atoms with Gasteiger partial charge in [-0.1, -0.05) is 39.3 Å². The number of anilines is 1. The van der Waals surface area contributed by atoms with Crippen LogP contribution in [0.4, 0.5) is 5.69 Å². The van der Waals surface area contributed by atoms with Crippen LogP contribution >= 0.6 is 0 Å². The van der Waals surface area contributed by atoms with Gasteiger partial charge < -0.3 is 5.32 Å². The molecule has 0 aliphatic carbocycles. The topological polar surface area (TPSA) is 12.0 Å². The van der Waals surface area contributed by atoms with Gasteiger partial charge in [0.1, 0.15) is 0 Å². The van der Waals surface area contributed by atoms with Crippen LogP contribution in [0, 0.1) is 0 Å². The van der Waals surface area contributed by atoms with Gasteiger partial charge in [0.15, 0.2) is 0 Å². The second-order valence-electron chi connectivity index (χ2n) is 4.46. The minimum absolute atomic E-state index is 0.307. The first kappa shape index (κ1) is 11.1. The zero-order valence-electron chi connectivity index (χ0n) is 9.72. The normalized spacial score (nSPS) is 11.4. The van der Waals surface area contributed by atoms with E-state index in [9.17, 15) is 0 Å². The molecule has 1 N–H and O–H groups in total. The number of nitrogens with one attached hydrogen (secondary N) is 1. The van der Waals surface area contributed by atoms with Crippen LogP contribution in [-0.2, 0) is 5.41 Å². The molecule has 1 aromatic rings. The molecular formula is C13H21N. The highest BCUT2D eigenvalue weighted by molar-refractivity contribution is 5.45.